The van der Waals surface area contributed by atoms with Gasteiger partial charge in [-0.25, -0.2) is 0 Å². The predicted molar refractivity (Wildman–Crippen MR) is 133 cm³/mol. The van der Waals surface area contributed by atoms with Crippen molar-refractivity contribution in [2.75, 3.05) is 0 Å². The zero-order chi connectivity index (χ0) is 20.6. The van der Waals surface area contributed by atoms with Gasteiger partial charge >= 0.3 is 189 Å². The Balaban J connectivity index is 1.64. The van der Waals surface area contributed by atoms with Crippen molar-refractivity contribution in [3.05, 3.63) is 138 Å². The maximum absolute atomic E-state index is 2.38. The molecule has 0 bridgehead atoms. The fourth-order valence-corrected chi connectivity index (χ4v) is 12.1. The van der Waals surface area contributed by atoms with E-state index < -0.39 is 14.3 Å². The Hall–Kier alpha value is -3.10. The van der Waals surface area contributed by atoms with Gasteiger partial charge in [0.1, 0.15) is 0 Å². The molecule has 0 nitrogen and oxygen atoms in total. The van der Waals surface area contributed by atoms with E-state index in [9.17, 15) is 0 Å². The molecule has 6 rings (SSSR count). The van der Waals surface area contributed by atoms with Crippen LogP contribution in [-0.2, 0) is 0 Å². The fraction of sp³-hybridized carbons (Fsp3) is 0.0667. The second kappa shape index (κ2) is 7.87. The van der Waals surface area contributed by atoms with E-state index in [-0.39, 0.29) is 0 Å². The van der Waals surface area contributed by atoms with Crippen LogP contribution in [0.2, 0.25) is 0 Å². The molecule has 1 heteroatoms. The molecule has 0 amide bonds. The standard InChI is InChI=1S/C30H23Ge/c1-3-14-23(15-4-1)31(24-16-5-2-6-17-24)30-28-19-10-9-18-26(28)27-21-11-20-25(29(27)30)22-12-7-8-13-22/h1-12,14-21,30H,13H2. The summed E-state index contributed by atoms with van der Waals surface area (Å²) in [5.74, 6) is 0. The molecule has 147 valence electrons. The van der Waals surface area contributed by atoms with E-state index in [1.54, 1.807) is 5.56 Å². The molecule has 0 N–H and O–H groups in total. The van der Waals surface area contributed by atoms with Crippen molar-refractivity contribution in [2.24, 2.45) is 0 Å². The van der Waals surface area contributed by atoms with Gasteiger partial charge in [0.05, 0.1) is 0 Å². The molecule has 0 aromatic heterocycles. The van der Waals surface area contributed by atoms with Gasteiger partial charge in [-0.1, -0.05) is 0 Å². The second-order valence-electron chi connectivity index (χ2n) is 8.26. The number of rotatable bonds is 4. The van der Waals surface area contributed by atoms with E-state index in [4.69, 9.17) is 0 Å². The first-order valence-electron chi connectivity index (χ1n) is 11.0. The topological polar surface area (TPSA) is 0 Å². The van der Waals surface area contributed by atoms with Crippen LogP contribution in [0, 0.1) is 0 Å². The van der Waals surface area contributed by atoms with E-state index in [2.05, 4.69) is 121 Å². The van der Waals surface area contributed by atoms with Crippen molar-refractivity contribution in [1.29, 1.82) is 0 Å². The molecule has 0 saturated heterocycles. The average Bonchev–Trinajstić information content (AvgIpc) is 3.48. The molecule has 1 unspecified atom stereocenters. The van der Waals surface area contributed by atoms with E-state index in [0.717, 1.165) is 6.42 Å². The van der Waals surface area contributed by atoms with Gasteiger partial charge < -0.3 is 0 Å². The molecule has 2 aliphatic rings. The van der Waals surface area contributed by atoms with Crippen LogP contribution >= 0.6 is 0 Å². The molecule has 1 atom stereocenters. The number of allylic oxidation sites excluding steroid dienone is 4. The van der Waals surface area contributed by atoms with Crippen LogP contribution in [0.5, 0.6) is 0 Å². The molecule has 0 fully saturated rings. The molecule has 0 saturated carbocycles. The van der Waals surface area contributed by atoms with Gasteiger partial charge in [0.2, 0.25) is 0 Å². The average molecular weight is 456 g/mol. The summed E-state index contributed by atoms with van der Waals surface area (Å²) in [6.45, 7) is 0. The Morgan fingerprint density at radius 1 is 0.581 bits per heavy atom. The minimum absolute atomic E-state index is 0.452. The fourth-order valence-electron chi connectivity index (χ4n) is 5.22. The van der Waals surface area contributed by atoms with Gasteiger partial charge in [0.25, 0.3) is 0 Å². The van der Waals surface area contributed by atoms with Crippen LogP contribution in [-0.4, -0.2) is 14.3 Å². The van der Waals surface area contributed by atoms with Crippen LogP contribution in [0.25, 0.3) is 16.7 Å². The first kappa shape index (κ1) is 18.7. The van der Waals surface area contributed by atoms with E-state index in [1.807, 2.05) is 0 Å². The monoisotopic (exact) mass is 457 g/mol. The summed E-state index contributed by atoms with van der Waals surface area (Å²) in [7, 11) is 0. The quantitative estimate of drug-likeness (QED) is 0.331. The van der Waals surface area contributed by atoms with Crippen molar-refractivity contribution in [1.82, 2.24) is 0 Å². The van der Waals surface area contributed by atoms with Crippen LogP contribution < -0.4 is 8.79 Å². The molecule has 4 aromatic carbocycles. The van der Waals surface area contributed by atoms with Crippen LogP contribution in [0.3, 0.4) is 0 Å². The van der Waals surface area contributed by atoms with E-state index in [1.165, 1.54) is 36.6 Å². The SMILES string of the molecule is C1=CCC(c2cccc3c2[CH]([Ge]([c]2ccccc2)[c]2ccccc2)c2ccccc2-3)=C1. The summed E-state index contributed by atoms with van der Waals surface area (Å²) < 4.78 is 3.53. The van der Waals surface area contributed by atoms with Gasteiger partial charge in [-0.15, -0.1) is 0 Å². The summed E-state index contributed by atoms with van der Waals surface area (Å²) in [4.78, 5) is 0. The Labute approximate surface area is 188 Å². The van der Waals surface area contributed by atoms with Crippen molar-refractivity contribution >= 4 is 28.7 Å². The van der Waals surface area contributed by atoms with Crippen molar-refractivity contribution < 1.29 is 0 Å². The Bertz CT molecular complexity index is 1260. The normalized spacial score (nSPS) is 16.3. The van der Waals surface area contributed by atoms with Gasteiger partial charge in [0.15, 0.2) is 0 Å². The molecule has 4 aromatic rings. The summed E-state index contributed by atoms with van der Waals surface area (Å²) >= 11 is -1.97. The molecule has 1 radical (unpaired) electrons. The Morgan fingerprint density at radius 2 is 1.19 bits per heavy atom. The third-order valence-electron chi connectivity index (χ3n) is 6.53. The Kier molecular flexibility index (Phi) is 4.73. The molecular weight excluding hydrogens is 433 g/mol. The third kappa shape index (κ3) is 3.14. The van der Waals surface area contributed by atoms with Crippen LogP contribution in [0.1, 0.15) is 27.9 Å². The van der Waals surface area contributed by atoms with Gasteiger partial charge in [0, 0.05) is 0 Å². The summed E-state index contributed by atoms with van der Waals surface area (Å²) in [6.07, 6.45) is 7.82. The van der Waals surface area contributed by atoms with Crippen molar-refractivity contribution in [3.63, 3.8) is 0 Å². The van der Waals surface area contributed by atoms with Gasteiger partial charge in [-0.05, 0) is 0 Å². The maximum atomic E-state index is 2.38. The van der Waals surface area contributed by atoms with Crippen molar-refractivity contribution in [2.45, 2.75) is 11.2 Å². The number of hydrogen-bond acceptors (Lipinski definition) is 0. The number of hydrogen-bond donors (Lipinski definition) is 0. The number of fused-ring (bicyclic) bond motifs is 3. The zero-order valence-corrected chi connectivity index (χ0v) is 19.4. The summed E-state index contributed by atoms with van der Waals surface area (Å²) in [5.41, 5.74) is 8.82. The first-order valence-corrected chi connectivity index (χ1v) is 14.3. The van der Waals surface area contributed by atoms with Gasteiger partial charge in [-0.3, -0.25) is 0 Å². The van der Waals surface area contributed by atoms with Crippen LogP contribution in [0.15, 0.2) is 121 Å². The second-order valence-corrected chi connectivity index (χ2v) is 13.6. The summed E-state index contributed by atoms with van der Waals surface area (Å²) in [6, 6.07) is 38.6. The summed E-state index contributed by atoms with van der Waals surface area (Å²) in [5, 5.41) is 0. The molecule has 0 spiro atoms. The molecule has 0 aliphatic heterocycles. The van der Waals surface area contributed by atoms with E-state index in [0.29, 0.717) is 4.75 Å². The molecule has 0 heterocycles. The zero-order valence-electron chi connectivity index (χ0n) is 17.3. The van der Waals surface area contributed by atoms with Crippen molar-refractivity contribution in [3.8, 4) is 11.1 Å². The minimum atomic E-state index is -1.97. The first-order chi connectivity index (χ1) is 15.4. The predicted octanol–water partition coefficient (Wildman–Crippen LogP) is 5.99. The molecule has 2 aliphatic carbocycles. The molecule has 31 heavy (non-hydrogen) atoms. The third-order valence-corrected chi connectivity index (χ3v) is 13.0. The Morgan fingerprint density at radius 3 is 1.87 bits per heavy atom. The van der Waals surface area contributed by atoms with Gasteiger partial charge in [-0.2, -0.15) is 0 Å². The molecular formula is C30H23Ge. The van der Waals surface area contributed by atoms with Crippen LogP contribution in [0.4, 0.5) is 0 Å². The number of benzene rings is 4. The van der Waals surface area contributed by atoms with E-state index >= 15 is 0 Å².